The average molecular weight is 251 g/mol. The molecule has 0 aliphatic carbocycles. The lowest BCUT2D eigenvalue weighted by atomic mass is 10.1. The Bertz CT molecular complexity index is 469. The number of hydrogen-bond donors (Lipinski definition) is 3. The summed E-state index contributed by atoms with van der Waals surface area (Å²) in [5.41, 5.74) is 1.34. The molecule has 0 bridgehead atoms. The third kappa shape index (κ3) is 3.26. The van der Waals surface area contributed by atoms with Crippen LogP contribution in [0.1, 0.15) is 5.56 Å². The topological polar surface area (TPSA) is 52.5 Å². The summed E-state index contributed by atoms with van der Waals surface area (Å²) < 4.78 is 1.32. The van der Waals surface area contributed by atoms with Gasteiger partial charge in [-0.1, -0.05) is 18.2 Å². The van der Waals surface area contributed by atoms with Gasteiger partial charge in [-0.2, -0.15) is 0 Å². The monoisotopic (exact) mass is 251 g/mol. The van der Waals surface area contributed by atoms with Crippen LogP contribution in [0.25, 0.3) is 10.1 Å². The summed E-state index contributed by atoms with van der Waals surface area (Å²) in [4.78, 5) is 0. The Hall–Kier alpha value is -0.940. The molecule has 1 heterocycles. The van der Waals surface area contributed by atoms with Crippen molar-refractivity contribution in [2.45, 2.75) is 12.5 Å². The Balaban J connectivity index is 1.87. The lowest BCUT2D eigenvalue weighted by Crippen LogP contribution is -2.30. The summed E-state index contributed by atoms with van der Waals surface area (Å²) in [6.07, 6.45) is 0.288. The normalized spacial score (nSPS) is 13.1. The van der Waals surface area contributed by atoms with Gasteiger partial charge in [0.2, 0.25) is 0 Å². The SMILES string of the molecule is OCC(O)CNCCc1csc2ccccc12. The molecular formula is C13H17NO2S. The first-order valence-corrected chi connectivity index (χ1v) is 6.64. The van der Waals surface area contributed by atoms with Crippen LogP contribution in [-0.4, -0.2) is 36.0 Å². The molecular weight excluding hydrogens is 234 g/mol. The van der Waals surface area contributed by atoms with Gasteiger partial charge >= 0.3 is 0 Å². The summed E-state index contributed by atoms with van der Waals surface area (Å²) in [6, 6.07) is 8.39. The average Bonchev–Trinajstić information content (AvgIpc) is 2.78. The highest BCUT2D eigenvalue weighted by molar-refractivity contribution is 7.17. The molecule has 4 heteroatoms. The number of aliphatic hydroxyl groups excluding tert-OH is 2. The van der Waals surface area contributed by atoms with Gasteiger partial charge in [-0.25, -0.2) is 0 Å². The van der Waals surface area contributed by atoms with Gasteiger partial charge in [-0.15, -0.1) is 11.3 Å². The predicted molar refractivity (Wildman–Crippen MR) is 71.5 cm³/mol. The molecule has 0 amide bonds. The summed E-state index contributed by atoms with van der Waals surface area (Å²) >= 11 is 1.77. The second-order valence-electron chi connectivity index (χ2n) is 4.05. The smallest absolute Gasteiger partial charge is 0.0894 e. The van der Waals surface area contributed by atoms with Crippen molar-refractivity contribution in [3.8, 4) is 0 Å². The molecule has 2 aromatic rings. The number of nitrogens with one attached hydrogen (secondary N) is 1. The third-order valence-corrected chi connectivity index (χ3v) is 3.74. The first kappa shape index (κ1) is 12.5. The Morgan fingerprint density at radius 2 is 2.12 bits per heavy atom. The number of hydrogen-bond acceptors (Lipinski definition) is 4. The fourth-order valence-corrected chi connectivity index (χ4v) is 2.78. The minimum Gasteiger partial charge on any atom is -0.394 e. The molecule has 0 aliphatic rings. The van der Waals surface area contributed by atoms with Crippen molar-refractivity contribution in [3.63, 3.8) is 0 Å². The van der Waals surface area contributed by atoms with E-state index in [0.717, 1.165) is 13.0 Å². The molecule has 0 fully saturated rings. The minimum absolute atomic E-state index is 0.186. The van der Waals surface area contributed by atoms with Gasteiger partial charge in [0.05, 0.1) is 12.7 Å². The van der Waals surface area contributed by atoms with Crippen molar-refractivity contribution in [1.82, 2.24) is 5.32 Å². The molecule has 0 spiro atoms. The van der Waals surface area contributed by atoms with Crippen molar-refractivity contribution in [1.29, 1.82) is 0 Å². The Labute approximate surface area is 105 Å². The lowest BCUT2D eigenvalue weighted by molar-refractivity contribution is 0.0947. The second kappa shape index (κ2) is 6.12. The van der Waals surface area contributed by atoms with Crippen LogP contribution in [-0.2, 0) is 6.42 Å². The van der Waals surface area contributed by atoms with Gasteiger partial charge in [0.15, 0.2) is 0 Å². The molecule has 3 N–H and O–H groups in total. The number of thiophene rings is 1. The van der Waals surface area contributed by atoms with E-state index in [1.807, 2.05) is 0 Å². The van der Waals surface area contributed by atoms with E-state index in [4.69, 9.17) is 5.11 Å². The maximum atomic E-state index is 9.18. The zero-order valence-corrected chi connectivity index (χ0v) is 10.4. The van der Waals surface area contributed by atoms with Crippen LogP contribution in [0.5, 0.6) is 0 Å². The summed E-state index contributed by atoms with van der Waals surface area (Å²) in [7, 11) is 0. The number of aliphatic hydroxyl groups is 2. The van der Waals surface area contributed by atoms with E-state index in [0.29, 0.717) is 6.54 Å². The Morgan fingerprint density at radius 3 is 2.94 bits per heavy atom. The van der Waals surface area contributed by atoms with Crippen LogP contribution in [0.15, 0.2) is 29.6 Å². The summed E-state index contributed by atoms with van der Waals surface area (Å²) in [5.74, 6) is 0. The van der Waals surface area contributed by atoms with Gasteiger partial charge in [0.1, 0.15) is 0 Å². The third-order valence-electron chi connectivity index (χ3n) is 2.72. The van der Waals surface area contributed by atoms with E-state index in [2.05, 4.69) is 35.0 Å². The molecule has 92 valence electrons. The van der Waals surface area contributed by atoms with Gasteiger partial charge in [-0.05, 0) is 35.4 Å². The van der Waals surface area contributed by atoms with Crippen LogP contribution < -0.4 is 5.32 Å². The quantitative estimate of drug-likeness (QED) is 0.680. The van der Waals surface area contributed by atoms with Crippen LogP contribution in [0, 0.1) is 0 Å². The van der Waals surface area contributed by atoms with E-state index in [-0.39, 0.29) is 6.61 Å². The molecule has 0 aliphatic heterocycles. The summed E-state index contributed by atoms with van der Waals surface area (Å²) in [5, 5.41) is 24.5. The van der Waals surface area contributed by atoms with Gasteiger partial charge < -0.3 is 15.5 Å². The fraction of sp³-hybridized carbons (Fsp3) is 0.385. The van der Waals surface area contributed by atoms with Crippen molar-refractivity contribution < 1.29 is 10.2 Å². The zero-order chi connectivity index (χ0) is 12.1. The van der Waals surface area contributed by atoms with E-state index < -0.39 is 6.10 Å². The Morgan fingerprint density at radius 1 is 1.29 bits per heavy atom. The van der Waals surface area contributed by atoms with Crippen molar-refractivity contribution in [2.24, 2.45) is 0 Å². The molecule has 1 aromatic carbocycles. The predicted octanol–water partition coefficient (Wildman–Crippen LogP) is 1.39. The number of fused-ring (bicyclic) bond motifs is 1. The van der Waals surface area contributed by atoms with Gasteiger partial charge in [0.25, 0.3) is 0 Å². The number of benzene rings is 1. The van der Waals surface area contributed by atoms with Crippen LogP contribution >= 0.6 is 11.3 Å². The largest absolute Gasteiger partial charge is 0.394 e. The van der Waals surface area contributed by atoms with Gasteiger partial charge in [0, 0.05) is 11.2 Å². The molecule has 1 aromatic heterocycles. The minimum atomic E-state index is -0.658. The van der Waals surface area contributed by atoms with Crippen molar-refractivity contribution in [2.75, 3.05) is 19.7 Å². The van der Waals surface area contributed by atoms with Crippen LogP contribution in [0.3, 0.4) is 0 Å². The van der Waals surface area contributed by atoms with Gasteiger partial charge in [-0.3, -0.25) is 0 Å². The van der Waals surface area contributed by atoms with Crippen molar-refractivity contribution >= 4 is 21.4 Å². The van der Waals surface area contributed by atoms with E-state index >= 15 is 0 Å². The first-order chi connectivity index (χ1) is 8.31. The van der Waals surface area contributed by atoms with E-state index in [1.165, 1.54) is 15.6 Å². The maximum Gasteiger partial charge on any atom is 0.0894 e. The van der Waals surface area contributed by atoms with E-state index in [9.17, 15) is 5.11 Å². The molecule has 2 rings (SSSR count). The van der Waals surface area contributed by atoms with Crippen LogP contribution in [0.4, 0.5) is 0 Å². The zero-order valence-electron chi connectivity index (χ0n) is 9.60. The highest BCUT2D eigenvalue weighted by Gasteiger charge is 2.04. The maximum absolute atomic E-state index is 9.18. The molecule has 3 nitrogen and oxygen atoms in total. The molecule has 1 unspecified atom stereocenters. The lowest BCUT2D eigenvalue weighted by Gasteiger charge is -2.08. The summed E-state index contributed by atoms with van der Waals surface area (Å²) in [6.45, 7) is 1.07. The molecule has 0 saturated carbocycles. The molecule has 0 radical (unpaired) electrons. The van der Waals surface area contributed by atoms with E-state index in [1.54, 1.807) is 11.3 Å². The first-order valence-electron chi connectivity index (χ1n) is 5.76. The van der Waals surface area contributed by atoms with Crippen LogP contribution in [0.2, 0.25) is 0 Å². The molecule has 1 atom stereocenters. The highest BCUT2D eigenvalue weighted by atomic mass is 32.1. The fourth-order valence-electron chi connectivity index (χ4n) is 1.78. The molecule has 17 heavy (non-hydrogen) atoms. The van der Waals surface area contributed by atoms with Crippen molar-refractivity contribution in [3.05, 3.63) is 35.2 Å². The highest BCUT2D eigenvalue weighted by Crippen LogP contribution is 2.25. The number of rotatable bonds is 6. The second-order valence-corrected chi connectivity index (χ2v) is 4.96. The standard InChI is InChI=1S/C13H17NO2S/c15-8-11(16)7-14-6-5-10-9-17-13-4-2-1-3-12(10)13/h1-4,9,11,14-16H,5-8H2. The molecule has 0 saturated heterocycles. The Kier molecular flexibility index (Phi) is 4.50.